The fourth-order valence-corrected chi connectivity index (χ4v) is 2.68. The normalized spacial score (nSPS) is 25.6. The van der Waals surface area contributed by atoms with Gasteiger partial charge in [-0.25, -0.2) is 0 Å². The standard InChI is InChI=1S/C16H25NO/c1-12(2)16-7-5-15(6-8-16)11-17-9-13(3)18-14(4)10-17/h5-8,12-14H,9-11H2,1-4H3. The van der Waals surface area contributed by atoms with E-state index in [2.05, 4.69) is 56.9 Å². The van der Waals surface area contributed by atoms with Crippen molar-refractivity contribution in [3.05, 3.63) is 35.4 Å². The Kier molecular flexibility index (Phi) is 4.41. The number of morpholine rings is 1. The number of ether oxygens (including phenoxy) is 1. The van der Waals surface area contributed by atoms with Crippen LogP contribution in [-0.2, 0) is 11.3 Å². The molecule has 0 N–H and O–H groups in total. The third-order valence-corrected chi connectivity index (χ3v) is 3.55. The predicted molar refractivity (Wildman–Crippen MR) is 75.8 cm³/mol. The minimum Gasteiger partial charge on any atom is -0.373 e. The molecule has 2 heteroatoms. The lowest BCUT2D eigenvalue weighted by molar-refractivity contribution is -0.0704. The molecule has 0 aromatic heterocycles. The van der Waals surface area contributed by atoms with Crippen molar-refractivity contribution in [2.24, 2.45) is 0 Å². The van der Waals surface area contributed by atoms with Crippen molar-refractivity contribution in [1.29, 1.82) is 0 Å². The first kappa shape index (κ1) is 13.6. The molecule has 2 nitrogen and oxygen atoms in total. The molecule has 100 valence electrons. The summed E-state index contributed by atoms with van der Waals surface area (Å²) < 4.78 is 5.76. The Morgan fingerprint density at radius 1 is 1.11 bits per heavy atom. The maximum atomic E-state index is 5.76. The van der Waals surface area contributed by atoms with Crippen molar-refractivity contribution in [3.63, 3.8) is 0 Å². The molecular weight excluding hydrogens is 222 g/mol. The molecule has 2 rings (SSSR count). The second-order valence-electron chi connectivity index (χ2n) is 5.85. The van der Waals surface area contributed by atoms with Crippen LogP contribution in [0.3, 0.4) is 0 Å². The average Bonchev–Trinajstić information content (AvgIpc) is 2.28. The topological polar surface area (TPSA) is 12.5 Å². The second-order valence-corrected chi connectivity index (χ2v) is 5.85. The van der Waals surface area contributed by atoms with Crippen molar-refractivity contribution in [2.45, 2.75) is 52.4 Å². The lowest BCUT2D eigenvalue weighted by atomic mass is 10.0. The molecule has 0 saturated carbocycles. The molecule has 1 aliphatic heterocycles. The molecule has 18 heavy (non-hydrogen) atoms. The van der Waals surface area contributed by atoms with E-state index in [0.29, 0.717) is 18.1 Å². The van der Waals surface area contributed by atoms with E-state index in [9.17, 15) is 0 Å². The number of hydrogen-bond donors (Lipinski definition) is 0. The van der Waals surface area contributed by atoms with Gasteiger partial charge in [-0.1, -0.05) is 38.1 Å². The van der Waals surface area contributed by atoms with E-state index in [1.165, 1.54) is 11.1 Å². The summed E-state index contributed by atoms with van der Waals surface area (Å²) in [6, 6.07) is 9.04. The van der Waals surface area contributed by atoms with E-state index >= 15 is 0 Å². The quantitative estimate of drug-likeness (QED) is 0.811. The second kappa shape index (κ2) is 5.85. The molecule has 1 aromatic carbocycles. The summed E-state index contributed by atoms with van der Waals surface area (Å²) >= 11 is 0. The molecule has 1 heterocycles. The maximum Gasteiger partial charge on any atom is 0.0678 e. The van der Waals surface area contributed by atoms with Gasteiger partial charge >= 0.3 is 0 Å². The fraction of sp³-hybridized carbons (Fsp3) is 0.625. The monoisotopic (exact) mass is 247 g/mol. The molecular formula is C16H25NO. The summed E-state index contributed by atoms with van der Waals surface area (Å²) in [6.07, 6.45) is 0.701. The lowest BCUT2D eigenvalue weighted by Crippen LogP contribution is -2.44. The Labute approximate surface area is 111 Å². The van der Waals surface area contributed by atoms with Crippen molar-refractivity contribution in [2.75, 3.05) is 13.1 Å². The number of benzene rings is 1. The van der Waals surface area contributed by atoms with Gasteiger partial charge in [-0.3, -0.25) is 4.90 Å². The largest absolute Gasteiger partial charge is 0.373 e. The van der Waals surface area contributed by atoms with Crippen molar-refractivity contribution in [3.8, 4) is 0 Å². The molecule has 1 aromatic rings. The first-order chi connectivity index (χ1) is 8.54. The summed E-state index contributed by atoms with van der Waals surface area (Å²) in [6.45, 7) is 11.9. The van der Waals surface area contributed by atoms with Crippen LogP contribution < -0.4 is 0 Å². The Morgan fingerprint density at radius 3 is 2.17 bits per heavy atom. The SMILES string of the molecule is CC1CN(Cc2ccc(C(C)C)cc2)CC(C)O1. The third kappa shape index (κ3) is 3.56. The van der Waals surface area contributed by atoms with Crippen molar-refractivity contribution >= 4 is 0 Å². The van der Waals surface area contributed by atoms with Crippen LogP contribution in [0.5, 0.6) is 0 Å². The van der Waals surface area contributed by atoms with Gasteiger partial charge in [0.25, 0.3) is 0 Å². The van der Waals surface area contributed by atoms with E-state index in [1.807, 2.05) is 0 Å². The van der Waals surface area contributed by atoms with Crippen LogP contribution in [0.2, 0.25) is 0 Å². The third-order valence-electron chi connectivity index (χ3n) is 3.55. The van der Waals surface area contributed by atoms with E-state index in [4.69, 9.17) is 4.74 Å². The van der Waals surface area contributed by atoms with Gasteiger partial charge < -0.3 is 4.74 Å². The molecule has 1 aliphatic rings. The molecule has 0 spiro atoms. The van der Waals surface area contributed by atoms with E-state index < -0.39 is 0 Å². The predicted octanol–water partition coefficient (Wildman–Crippen LogP) is 3.42. The molecule has 0 amide bonds. The number of nitrogens with zero attached hydrogens (tertiary/aromatic N) is 1. The molecule has 0 aliphatic carbocycles. The maximum absolute atomic E-state index is 5.76. The number of hydrogen-bond acceptors (Lipinski definition) is 2. The summed E-state index contributed by atoms with van der Waals surface area (Å²) in [7, 11) is 0. The molecule has 1 fully saturated rings. The molecule has 2 atom stereocenters. The van der Waals surface area contributed by atoms with Gasteiger partial charge in [-0.15, -0.1) is 0 Å². The van der Waals surface area contributed by atoms with Gasteiger partial charge in [0, 0.05) is 19.6 Å². The molecule has 0 radical (unpaired) electrons. The van der Waals surface area contributed by atoms with E-state index in [0.717, 1.165) is 19.6 Å². The zero-order chi connectivity index (χ0) is 13.1. The van der Waals surface area contributed by atoms with Crippen LogP contribution in [0, 0.1) is 0 Å². The number of rotatable bonds is 3. The minimum absolute atomic E-state index is 0.351. The highest BCUT2D eigenvalue weighted by Gasteiger charge is 2.21. The van der Waals surface area contributed by atoms with E-state index in [-0.39, 0.29) is 0 Å². The van der Waals surface area contributed by atoms with Crippen LogP contribution in [0.1, 0.15) is 44.7 Å². The Morgan fingerprint density at radius 2 is 1.67 bits per heavy atom. The van der Waals surface area contributed by atoms with Gasteiger partial charge in [-0.05, 0) is 30.9 Å². The highest BCUT2D eigenvalue weighted by atomic mass is 16.5. The van der Waals surface area contributed by atoms with Gasteiger partial charge in [0.05, 0.1) is 12.2 Å². The Bertz CT molecular complexity index is 361. The Balaban J connectivity index is 1.96. The highest BCUT2D eigenvalue weighted by molar-refractivity contribution is 5.24. The van der Waals surface area contributed by atoms with Gasteiger partial charge in [0.2, 0.25) is 0 Å². The van der Waals surface area contributed by atoms with Crippen molar-refractivity contribution < 1.29 is 4.74 Å². The van der Waals surface area contributed by atoms with Crippen LogP contribution >= 0.6 is 0 Å². The summed E-state index contributed by atoms with van der Waals surface area (Å²) in [5, 5.41) is 0. The highest BCUT2D eigenvalue weighted by Crippen LogP contribution is 2.17. The van der Waals surface area contributed by atoms with E-state index in [1.54, 1.807) is 0 Å². The summed E-state index contributed by atoms with van der Waals surface area (Å²) in [4.78, 5) is 2.49. The first-order valence-corrected chi connectivity index (χ1v) is 7.01. The van der Waals surface area contributed by atoms with Crippen LogP contribution in [0.4, 0.5) is 0 Å². The van der Waals surface area contributed by atoms with Crippen LogP contribution in [-0.4, -0.2) is 30.2 Å². The zero-order valence-electron chi connectivity index (χ0n) is 12.0. The molecule has 1 saturated heterocycles. The molecule has 0 bridgehead atoms. The first-order valence-electron chi connectivity index (χ1n) is 7.01. The summed E-state index contributed by atoms with van der Waals surface area (Å²) in [5.41, 5.74) is 2.82. The summed E-state index contributed by atoms with van der Waals surface area (Å²) in [5.74, 6) is 0.613. The Hall–Kier alpha value is -0.860. The van der Waals surface area contributed by atoms with Gasteiger partial charge in [-0.2, -0.15) is 0 Å². The average molecular weight is 247 g/mol. The van der Waals surface area contributed by atoms with Gasteiger partial charge in [0.15, 0.2) is 0 Å². The van der Waals surface area contributed by atoms with Crippen molar-refractivity contribution in [1.82, 2.24) is 4.90 Å². The zero-order valence-corrected chi connectivity index (χ0v) is 12.0. The lowest BCUT2D eigenvalue weighted by Gasteiger charge is -2.35. The molecule has 2 unspecified atom stereocenters. The smallest absolute Gasteiger partial charge is 0.0678 e. The van der Waals surface area contributed by atoms with Crippen LogP contribution in [0.25, 0.3) is 0 Å². The van der Waals surface area contributed by atoms with Crippen LogP contribution in [0.15, 0.2) is 24.3 Å². The fourth-order valence-electron chi connectivity index (χ4n) is 2.68. The van der Waals surface area contributed by atoms with Gasteiger partial charge in [0.1, 0.15) is 0 Å². The minimum atomic E-state index is 0.351.